The zero-order chi connectivity index (χ0) is 18.7. The Kier molecular flexibility index (Phi) is 5.41. The summed E-state index contributed by atoms with van der Waals surface area (Å²) < 4.78 is 5.56. The number of anilines is 1. The number of piperidine rings is 1. The number of amides is 1. The number of hydrogen-bond donors (Lipinski definition) is 0. The molecule has 3 saturated heterocycles. The summed E-state index contributed by atoms with van der Waals surface area (Å²) in [6, 6.07) is 10.7. The molecule has 1 aromatic rings. The number of benzene rings is 1. The van der Waals surface area contributed by atoms with Gasteiger partial charge in [-0.05, 0) is 48.9 Å². The van der Waals surface area contributed by atoms with Gasteiger partial charge in [-0.2, -0.15) is 5.26 Å². The van der Waals surface area contributed by atoms with Gasteiger partial charge >= 0.3 is 0 Å². The first kappa shape index (κ1) is 18.6. The Labute approximate surface area is 156 Å². The standard InChI is InChI=1S/C21H29N3O2/c1-4-26-18-9-7-17(8-10-18)24-14-16-12-21(2,3)19(24)15-23(13-16)20(25)6-5-11-22/h7-10,16,19H,4-6,12-15H2,1-3H3/t16?,19-/m1/s1. The highest BCUT2D eigenvalue weighted by Crippen LogP contribution is 2.43. The molecule has 3 heterocycles. The maximum absolute atomic E-state index is 12.5. The molecule has 2 atom stereocenters. The molecule has 0 aliphatic carbocycles. The average molecular weight is 355 g/mol. The summed E-state index contributed by atoms with van der Waals surface area (Å²) in [5.74, 6) is 1.47. The van der Waals surface area contributed by atoms with Crippen molar-refractivity contribution >= 4 is 11.6 Å². The second kappa shape index (κ2) is 7.57. The Balaban J connectivity index is 1.82. The topological polar surface area (TPSA) is 56.6 Å². The predicted octanol–water partition coefficient (Wildman–Crippen LogP) is 3.45. The Bertz CT molecular complexity index is 677. The summed E-state index contributed by atoms with van der Waals surface area (Å²) in [4.78, 5) is 17.0. The molecule has 3 fully saturated rings. The van der Waals surface area contributed by atoms with E-state index in [-0.39, 0.29) is 17.4 Å². The maximum atomic E-state index is 12.5. The smallest absolute Gasteiger partial charge is 0.223 e. The molecule has 5 heteroatoms. The van der Waals surface area contributed by atoms with Crippen LogP contribution in [0.5, 0.6) is 5.75 Å². The summed E-state index contributed by atoms with van der Waals surface area (Å²) >= 11 is 0. The van der Waals surface area contributed by atoms with Gasteiger partial charge in [-0.15, -0.1) is 0 Å². The van der Waals surface area contributed by atoms with Gasteiger partial charge in [-0.1, -0.05) is 13.8 Å². The van der Waals surface area contributed by atoms with E-state index in [0.29, 0.717) is 25.4 Å². The lowest BCUT2D eigenvalue weighted by Crippen LogP contribution is -2.54. The summed E-state index contributed by atoms with van der Waals surface area (Å²) in [6.45, 7) is 9.80. The minimum absolute atomic E-state index is 0.118. The molecule has 5 nitrogen and oxygen atoms in total. The zero-order valence-corrected chi connectivity index (χ0v) is 16.1. The van der Waals surface area contributed by atoms with Gasteiger partial charge in [0.25, 0.3) is 0 Å². The average Bonchev–Trinajstić information content (AvgIpc) is 2.87. The van der Waals surface area contributed by atoms with Gasteiger partial charge in [0.1, 0.15) is 5.75 Å². The Morgan fingerprint density at radius 3 is 2.65 bits per heavy atom. The molecule has 140 valence electrons. The van der Waals surface area contributed by atoms with Crippen LogP contribution in [-0.2, 0) is 4.79 Å². The van der Waals surface area contributed by atoms with Crippen LogP contribution in [0.2, 0.25) is 0 Å². The van der Waals surface area contributed by atoms with E-state index in [9.17, 15) is 4.79 Å². The van der Waals surface area contributed by atoms with E-state index in [1.165, 1.54) is 5.69 Å². The van der Waals surface area contributed by atoms with Crippen molar-refractivity contribution in [3.05, 3.63) is 24.3 Å². The third kappa shape index (κ3) is 3.80. The van der Waals surface area contributed by atoms with E-state index < -0.39 is 0 Å². The molecule has 0 saturated carbocycles. The highest BCUT2D eigenvalue weighted by Gasteiger charge is 2.46. The van der Waals surface area contributed by atoms with E-state index in [2.05, 4.69) is 36.9 Å². The molecule has 0 spiro atoms. The van der Waals surface area contributed by atoms with Crippen molar-refractivity contribution in [2.45, 2.75) is 46.1 Å². The van der Waals surface area contributed by atoms with Crippen molar-refractivity contribution in [1.82, 2.24) is 4.90 Å². The van der Waals surface area contributed by atoms with Gasteiger partial charge < -0.3 is 14.5 Å². The zero-order valence-electron chi connectivity index (χ0n) is 16.1. The molecule has 4 rings (SSSR count). The normalized spacial score (nSPS) is 24.1. The minimum atomic E-state index is 0.118. The van der Waals surface area contributed by atoms with Crippen LogP contribution in [0.25, 0.3) is 0 Å². The molecule has 1 amide bonds. The van der Waals surface area contributed by atoms with Gasteiger partial charge in [0.05, 0.1) is 18.7 Å². The van der Waals surface area contributed by atoms with Gasteiger partial charge in [0.2, 0.25) is 5.91 Å². The van der Waals surface area contributed by atoms with Crippen LogP contribution in [0.1, 0.15) is 40.0 Å². The lowest BCUT2D eigenvalue weighted by atomic mass is 9.73. The van der Waals surface area contributed by atoms with E-state index in [1.54, 1.807) is 0 Å². The van der Waals surface area contributed by atoms with E-state index in [1.807, 2.05) is 24.0 Å². The maximum Gasteiger partial charge on any atom is 0.223 e. The molecule has 2 bridgehead atoms. The summed E-state index contributed by atoms with van der Waals surface area (Å²) in [5, 5.41) is 8.78. The van der Waals surface area contributed by atoms with Crippen molar-refractivity contribution in [2.24, 2.45) is 11.3 Å². The van der Waals surface area contributed by atoms with Crippen molar-refractivity contribution in [2.75, 3.05) is 31.1 Å². The molecular formula is C21H29N3O2. The lowest BCUT2D eigenvalue weighted by molar-refractivity contribution is -0.131. The van der Waals surface area contributed by atoms with Crippen molar-refractivity contribution in [3.63, 3.8) is 0 Å². The minimum Gasteiger partial charge on any atom is -0.494 e. The number of hydrogen-bond acceptors (Lipinski definition) is 4. The number of carbonyl (C=O) groups excluding carboxylic acids is 1. The third-order valence-corrected chi connectivity index (χ3v) is 5.70. The Morgan fingerprint density at radius 1 is 1.27 bits per heavy atom. The fourth-order valence-corrected chi connectivity index (χ4v) is 4.55. The monoisotopic (exact) mass is 355 g/mol. The molecule has 3 aliphatic rings. The number of fused-ring (bicyclic) bond motifs is 4. The van der Waals surface area contributed by atoms with Gasteiger partial charge in [-0.25, -0.2) is 0 Å². The van der Waals surface area contributed by atoms with Gasteiger partial charge in [0, 0.05) is 38.2 Å². The second-order valence-corrected chi connectivity index (χ2v) is 8.11. The molecular weight excluding hydrogens is 326 g/mol. The van der Waals surface area contributed by atoms with Crippen molar-refractivity contribution < 1.29 is 9.53 Å². The molecule has 26 heavy (non-hydrogen) atoms. The fourth-order valence-electron chi connectivity index (χ4n) is 4.55. The summed E-state index contributed by atoms with van der Waals surface area (Å²) in [7, 11) is 0. The molecule has 1 unspecified atom stereocenters. The Morgan fingerprint density at radius 2 is 2.00 bits per heavy atom. The van der Waals surface area contributed by atoms with Crippen molar-refractivity contribution in [3.8, 4) is 11.8 Å². The number of ether oxygens (including phenoxy) is 1. The van der Waals surface area contributed by atoms with Crippen LogP contribution in [0.4, 0.5) is 5.69 Å². The number of nitriles is 1. The first-order valence-electron chi connectivity index (χ1n) is 9.59. The number of carbonyl (C=O) groups is 1. The van der Waals surface area contributed by atoms with E-state index in [0.717, 1.165) is 31.8 Å². The van der Waals surface area contributed by atoms with E-state index >= 15 is 0 Å². The number of nitrogens with zero attached hydrogens (tertiary/aromatic N) is 3. The first-order valence-corrected chi connectivity index (χ1v) is 9.59. The predicted molar refractivity (Wildman–Crippen MR) is 102 cm³/mol. The van der Waals surface area contributed by atoms with Gasteiger partial charge in [0.15, 0.2) is 0 Å². The molecule has 0 aromatic heterocycles. The highest BCUT2D eigenvalue weighted by atomic mass is 16.5. The second-order valence-electron chi connectivity index (χ2n) is 8.11. The van der Waals surface area contributed by atoms with Crippen LogP contribution in [0.3, 0.4) is 0 Å². The SMILES string of the molecule is CCOc1ccc(N2CC3CN(C(=O)CCC#N)C[C@@H]2C(C)(C)C3)cc1. The van der Waals surface area contributed by atoms with Crippen LogP contribution in [-0.4, -0.2) is 43.1 Å². The lowest BCUT2D eigenvalue weighted by Gasteiger charge is -2.48. The molecule has 3 aliphatic heterocycles. The van der Waals surface area contributed by atoms with Crippen LogP contribution in [0, 0.1) is 22.7 Å². The number of rotatable bonds is 5. The summed E-state index contributed by atoms with van der Waals surface area (Å²) in [6.07, 6.45) is 1.77. The van der Waals surface area contributed by atoms with Crippen LogP contribution < -0.4 is 9.64 Å². The van der Waals surface area contributed by atoms with Crippen LogP contribution >= 0.6 is 0 Å². The largest absolute Gasteiger partial charge is 0.494 e. The van der Waals surface area contributed by atoms with E-state index in [4.69, 9.17) is 10.00 Å². The van der Waals surface area contributed by atoms with Crippen LogP contribution in [0.15, 0.2) is 24.3 Å². The van der Waals surface area contributed by atoms with Gasteiger partial charge in [-0.3, -0.25) is 4.79 Å². The fraction of sp³-hybridized carbons (Fsp3) is 0.619. The quantitative estimate of drug-likeness (QED) is 0.812. The first-order chi connectivity index (χ1) is 12.4. The highest BCUT2D eigenvalue weighted by molar-refractivity contribution is 5.76. The third-order valence-electron chi connectivity index (χ3n) is 5.70. The Hall–Kier alpha value is -2.22. The van der Waals surface area contributed by atoms with Crippen molar-refractivity contribution in [1.29, 1.82) is 5.26 Å². The summed E-state index contributed by atoms with van der Waals surface area (Å²) in [5.41, 5.74) is 1.34. The molecule has 1 aromatic carbocycles. The molecule has 0 radical (unpaired) electrons. The molecule has 0 N–H and O–H groups in total.